The Balaban J connectivity index is 1.27. The first kappa shape index (κ1) is 23.2. The molecule has 2 aliphatic heterocycles. The van der Waals surface area contributed by atoms with Crippen molar-refractivity contribution in [3.63, 3.8) is 0 Å². The zero-order valence-electron chi connectivity index (χ0n) is 19.3. The minimum absolute atomic E-state index is 0.0768. The molecule has 3 heterocycles. The Bertz CT molecular complexity index is 760. The van der Waals surface area contributed by atoms with Crippen molar-refractivity contribution in [3.8, 4) is 0 Å². The van der Waals surface area contributed by atoms with Crippen molar-refractivity contribution in [2.75, 3.05) is 39.3 Å². The molecule has 32 heavy (non-hydrogen) atoms. The van der Waals surface area contributed by atoms with Gasteiger partial charge in [0.25, 0.3) is 0 Å². The van der Waals surface area contributed by atoms with Crippen LogP contribution < -0.4 is 5.32 Å². The molecular formula is C23H37N5O4. The molecule has 1 N–H and O–H groups in total. The van der Waals surface area contributed by atoms with Crippen LogP contribution in [0.4, 0.5) is 0 Å². The third kappa shape index (κ3) is 5.86. The van der Waals surface area contributed by atoms with Crippen LogP contribution in [0.2, 0.25) is 0 Å². The molecule has 0 aromatic carbocycles. The average Bonchev–Trinajstić information content (AvgIpc) is 3.42. The first-order chi connectivity index (χ1) is 15.5. The maximum absolute atomic E-state index is 12.7. The van der Waals surface area contributed by atoms with Crippen LogP contribution in [0.3, 0.4) is 0 Å². The third-order valence-corrected chi connectivity index (χ3v) is 7.03. The predicted molar refractivity (Wildman–Crippen MR) is 118 cm³/mol. The lowest BCUT2D eigenvalue weighted by molar-refractivity contribution is -0.133. The average molecular weight is 448 g/mol. The summed E-state index contributed by atoms with van der Waals surface area (Å²) in [5.74, 6) is 1.08. The molecule has 1 aromatic rings. The second-order valence-corrected chi connectivity index (χ2v) is 9.51. The number of rotatable bonds is 7. The first-order valence-electron chi connectivity index (χ1n) is 12.3. The van der Waals surface area contributed by atoms with Crippen LogP contribution in [-0.2, 0) is 26.3 Å². The van der Waals surface area contributed by atoms with Gasteiger partial charge in [-0.3, -0.25) is 14.5 Å². The van der Waals surface area contributed by atoms with E-state index in [1.54, 1.807) is 0 Å². The normalized spacial score (nSPS) is 24.3. The second-order valence-electron chi connectivity index (χ2n) is 9.51. The SMILES string of the molecule is CC(=O)NC1(c2noc(CCC(=O)N3CCN(CC4CCCO4)CC3)n2)CCCCCC1. The van der Waals surface area contributed by atoms with Gasteiger partial charge in [0.2, 0.25) is 17.7 Å². The summed E-state index contributed by atoms with van der Waals surface area (Å²) in [6, 6.07) is 0. The van der Waals surface area contributed by atoms with Gasteiger partial charge in [0, 0.05) is 59.1 Å². The second kappa shape index (κ2) is 10.7. The van der Waals surface area contributed by atoms with E-state index in [1.165, 1.54) is 6.92 Å². The summed E-state index contributed by atoms with van der Waals surface area (Å²) in [6.45, 7) is 6.70. The molecule has 1 saturated carbocycles. The Morgan fingerprint density at radius 2 is 1.84 bits per heavy atom. The van der Waals surface area contributed by atoms with Gasteiger partial charge in [0.05, 0.1) is 6.10 Å². The molecule has 2 amide bonds. The van der Waals surface area contributed by atoms with Crippen LogP contribution in [-0.4, -0.2) is 77.2 Å². The van der Waals surface area contributed by atoms with Crippen molar-refractivity contribution < 1.29 is 18.8 Å². The highest BCUT2D eigenvalue weighted by Gasteiger charge is 2.38. The van der Waals surface area contributed by atoms with Gasteiger partial charge in [-0.15, -0.1) is 0 Å². The van der Waals surface area contributed by atoms with E-state index in [0.29, 0.717) is 30.7 Å². The Kier molecular flexibility index (Phi) is 7.78. The van der Waals surface area contributed by atoms with Crippen molar-refractivity contribution in [2.24, 2.45) is 0 Å². The summed E-state index contributed by atoms with van der Waals surface area (Å²) < 4.78 is 11.2. The van der Waals surface area contributed by atoms with Gasteiger partial charge in [-0.2, -0.15) is 4.98 Å². The fourth-order valence-electron chi connectivity index (χ4n) is 5.25. The topological polar surface area (TPSA) is 101 Å². The van der Waals surface area contributed by atoms with Crippen molar-refractivity contribution in [1.82, 2.24) is 25.3 Å². The summed E-state index contributed by atoms with van der Waals surface area (Å²) in [5.41, 5.74) is -0.548. The molecule has 1 atom stereocenters. The van der Waals surface area contributed by atoms with Crippen LogP contribution in [0, 0.1) is 0 Å². The molecule has 0 radical (unpaired) electrons. The molecule has 3 aliphatic rings. The van der Waals surface area contributed by atoms with Gasteiger partial charge in [-0.25, -0.2) is 0 Å². The first-order valence-corrected chi connectivity index (χ1v) is 12.3. The molecule has 0 spiro atoms. The highest BCUT2D eigenvalue weighted by molar-refractivity contribution is 5.76. The Labute approximate surface area is 190 Å². The minimum Gasteiger partial charge on any atom is -0.377 e. The highest BCUT2D eigenvalue weighted by atomic mass is 16.5. The monoisotopic (exact) mass is 447 g/mol. The molecule has 2 saturated heterocycles. The zero-order valence-corrected chi connectivity index (χ0v) is 19.3. The minimum atomic E-state index is -0.548. The van der Waals surface area contributed by atoms with Gasteiger partial charge in [-0.05, 0) is 25.7 Å². The number of hydrogen-bond donors (Lipinski definition) is 1. The van der Waals surface area contributed by atoms with Crippen LogP contribution in [0.15, 0.2) is 4.52 Å². The number of carbonyl (C=O) groups is 2. The lowest BCUT2D eigenvalue weighted by atomic mass is 9.89. The number of piperazine rings is 1. The largest absolute Gasteiger partial charge is 0.377 e. The van der Waals surface area contributed by atoms with Crippen molar-refractivity contribution in [3.05, 3.63) is 11.7 Å². The number of ether oxygens (including phenoxy) is 1. The van der Waals surface area contributed by atoms with Crippen molar-refractivity contribution in [2.45, 2.75) is 82.8 Å². The van der Waals surface area contributed by atoms with Crippen LogP contribution in [0.5, 0.6) is 0 Å². The van der Waals surface area contributed by atoms with Gasteiger partial charge >= 0.3 is 0 Å². The van der Waals surface area contributed by atoms with E-state index in [0.717, 1.165) is 90.7 Å². The summed E-state index contributed by atoms with van der Waals surface area (Å²) in [6.07, 6.45) is 9.46. The number of aromatic nitrogens is 2. The number of amides is 2. The summed E-state index contributed by atoms with van der Waals surface area (Å²) in [5, 5.41) is 7.31. The quantitative estimate of drug-likeness (QED) is 0.638. The van der Waals surface area contributed by atoms with Gasteiger partial charge in [-0.1, -0.05) is 30.8 Å². The number of aryl methyl sites for hydroxylation is 1. The zero-order chi connectivity index (χ0) is 22.4. The molecule has 178 valence electrons. The summed E-state index contributed by atoms with van der Waals surface area (Å²) in [7, 11) is 0. The van der Waals surface area contributed by atoms with Crippen LogP contribution in [0.1, 0.15) is 76.4 Å². The Morgan fingerprint density at radius 3 is 2.50 bits per heavy atom. The highest BCUT2D eigenvalue weighted by Crippen LogP contribution is 2.34. The van der Waals surface area contributed by atoms with Gasteiger partial charge < -0.3 is 19.5 Å². The number of carbonyl (C=O) groups excluding carboxylic acids is 2. The molecule has 9 nitrogen and oxygen atoms in total. The van der Waals surface area contributed by atoms with Gasteiger partial charge in [0.1, 0.15) is 5.54 Å². The Hall–Kier alpha value is -2.00. The van der Waals surface area contributed by atoms with Crippen LogP contribution >= 0.6 is 0 Å². The maximum Gasteiger partial charge on any atom is 0.227 e. The third-order valence-electron chi connectivity index (χ3n) is 7.03. The molecule has 1 aromatic heterocycles. The number of nitrogens with one attached hydrogen (secondary N) is 1. The van der Waals surface area contributed by atoms with E-state index in [2.05, 4.69) is 20.4 Å². The molecule has 9 heteroatoms. The fraction of sp³-hybridized carbons (Fsp3) is 0.826. The summed E-state index contributed by atoms with van der Waals surface area (Å²) >= 11 is 0. The predicted octanol–water partition coefficient (Wildman–Crippen LogP) is 2.01. The number of nitrogens with zero attached hydrogens (tertiary/aromatic N) is 4. The molecule has 1 aliphatic carbocycles. The van der Waals surface area contributed by atoms with E-state index in [9.17, 15) is 9.59 Å². The smallest absolute Gasteiger partial charge is 0.227 e. The summed E-state index contributed by atoms with van der Waals surface area (Å²) in [4.78, 5) is 33.5. The molecule has 1 unspecified atom stereocenters. The lowest BCUT2D eigenvalue weighted by Crippen LogP contribution is -2.50. The van der Waals surface area contributed by atoms with E-state index in [4.69, 9.17) is 9.26 Å². The van der Waals surface area contributed by atoms with E-state index in [1.807, 2.05) is 4.90 Å². The molecule has 0 bridgehead atoms. The van der Waals surface area contributed by atoms with E-state index >= 15 is 0 Å². The fourth-order valence-corrected chi connectivity index (χ4v) is 5.25. The molecule has 4 rings (SSSR count). The van der Waals surface area contributed by atoms with E-state index < -0.39 is 5.54 Å². The molecular weight excluding hydrogens is 410 g/mol. The van der Waals surface area contributed by atoms with Gasteiger partial charge in [0.15, 0.2) is 5.82 Å². The maximum atomic E-state index is 12.7. The van der Waals surface area contributed by atoms with E-state index in [-0.39, 0.29) is 11.8 Å². The Morgan fingerprint density at radius 1 is 1.09 bits per heavy atom. The van der Waals surface area contributed by atoms with Crippen molar-refractivity contribution in [1.29, 1.82) is 0 Å². The lowest BCUT2D eigenvalue weighted by Gasteiger charge is -2.35. The number of hydrogen-bond acceptors (Lipinski definition) is 7. The van der Waals surface area contributed by atoms with Crippen LogP contribution in [0.25, 0.3) is 0 Å². The molecule has 3 fully saturated rings. The standard InChI is InChI=1S/C23H37N5O4/c1-18(29)25-23(10-4-2-3-5-11-23)22-24-20(32-26-22)8-9-21(30)28-14-12-27(13-15-28)17-19-7-6-16-31-19/h19H,2-17H2,1H3,(H,25,29). The van der Waals surface area contributed by atoms with Crippen molar-refractivity contribution >= 4 is 11.8 Å².